The van der Waals surface area contributed by atoms with Crippen LogP contribution in [0.4, 0.5) is 0 Å². The molecule has 1 aromatic carbocycles. The summed E-state index contributed by atoms with van der Waals surface area (Å²) in [6.45, 7) is 8.41. The van der Waals surface area contributed by atoms with Crippen LogP contribution in [0.25, 0.3) is 0 Å². The molecule has 0 saturated carbocycles. The van der Waals surface area contributed by atoms with Gasteiger partial charge in [0.1, 0.15) is 6.26 Å². The Kier molecular flexibility index (Phi) is 6.47. The lowest BCUT2D eigenvalue weighted by atomic mass is 10.2. The van der Waals surface area contributed by atoms with Crippen LogP contribution < -0.4 is 5.32 Å². The van der Waals surface area contributed by atoms with Gasteiger partial charge in [0.25, 0.3) is 0 Å². The summed E-state index contributed by atoms with van der Waals surface area (Å²) in [6.07, 6.45) is 1.63. The van der Waals surface area contributed by atoms with E-state index in [1.165, 1.54) is 5.56 Å². The minimum absolute atomic E-state index is 0.681. The first-order valence-electron chi connectivity index (χ1n) is 8.64. The molecule has 7 heteroatoms. The number of aliphatic imine (C=N–C) groups is 1. The fourth-order valence-corrected chi connectivity index (χ4v) is 3.34. The van der Waals surface area contributed by atoms with Crippen LogP contribution in [0.3, 0.4) is 0 Å². The highest BCUT2D eigenvalue weighted by Crippen LogP contribution is 2.13. The molecule has 0 unspecified atom stereocenters. The van der Waals surface area contributed by atoms with Gasteiger partial charge in [-0.1, -0.05) is 33.2 Å². The quantitative estimate of drug-likeness (QED) is 0.611. The summed E-state index contributed by atoms with van der Waals surface area (Å²) in [6, 6.07) is 10.2. The minimum Gasteiger partial charge on any atom is -0.364 e. The largest absolute Gasteiger partial charge is 0.364 e. The third-order valence-electron chi connectivity index (χ3n) is 4.18. The average Bonchev–Trinajstić information content (AvgIpc) is 3.12. The smallest absolute Gasteiger partial charge is 0.194 e. The molecule has 2 heterocycles. The lowest BCUT2D eigenvalue weighted by molar-refractivity contribution is 0.169. The summed E-state index contributed by atoms with van der Waals surface area (Å²) in [7, 11) is 0. The zero-order chi connectivity index (χ0) is 17.5. The summed E-state index contributed by atoms with van der Waals surface area (Å²) < 4.78 is 6.00. The summed E-state index contributed by atoms with van der Waals surface area (Å²) >= 11 is 3.52. The molecule has 0 amide bonds. The van der Waals surface area contributed by atoms with E-state index < -0.39 is 0 Å². The van der Waals surface area contributed by atoms with E-state index in [0.717, 1.165) is 55.4 Å². The minimum atomic E-state index is 0.681. The molecule has 3 rings (SSSR count). The molecule has 1 N–H and O–H groups in total. The predicted octanol–water partition coefficient (Wildman–Crippen LogP) is 2.72. The fraction of sp³-hybridized carbons (Fsp3) is 0.444. The maximum atomic E-state index is 4.91. The second kappa shape index (κ2) is 9.01. The molecule has 1 aliphatic rings. The van der Waals surface area contributed by atoms with Crippen LogP contribution in [0.1, 0.15) is 18.2 Å². The molecule has 134 valence electrons. The van der Waals surface area contributed by atoms with E-state index in [2.05, 4.69) is 55.3 Å². The first-order valence-corrected chi connectivity index (χ1v) is 9.43. The predicted molar refractivity (Wildman–Crippen MR) is 102 cm³/mol. The van der Waals surface area contributed by atoms with E-state index in [1.54, 1.807) is 6.26 Å². The van der Waals surface area contributed by atoms with Gasteiger partial charge in [0, 0.05) is 49.8 Å². The SMILES string of the molecule is CCNC(=NCc1cccc(Br)c1)N1CCN(Cc2ccon2)CC1. The van der Waals surface area contributed by atoms with E-state index in [-0.39, 0.29) is 0 Å². The van der Waals surface area contributed by atoms with Gasteiger partial charge in [-0.25, -0.2) is 4.99 Å². The summed E-state index contributed by atoms with van der Waals surface area (Å²) in [5.41, 5.74) is 2.19. The monoisotopic (exact) mass is 405 g/mol. The molecular weight excluding hydrogens is 382 g/mol. The average molecular weight is 406 g/mol. The van der Waals surface area contributed by atoms with Gasteiger partial charge in [0.15, 0.2) is 5.96 Å². The van der Waals surface area contributed by atoms with E-state index in [1.807, 2.05) is 18.2 Å². The van der Waals surface area contributed by atoms with Crippen LogP contribution in [-0.4, -0.2) is 53.6 Å². The Balaban J connectivity index is 1.56. The van der Waals surface area contributed by atoms with Crippen molar-refractivity contribution in [3.63, 3.8) is 0 Å². The molecule has 1 aromatic heterocycles. The number of halogens is 1. The summed E-state index contributed by atoms with van der Waals surface area (Å²) in [5, 5.41) is 7.41. The van der Waals surface area contributed by atoms with Crippen molar-refractivity contribution < 1.29 is 4.52 Å². The van der Waals surface area contributed by atoms with Gasteiger partial charge in [0.2, 0.25) is 0 Å². The molecule has 6 nitrogen and oxygen atoms in total. The van der Waals surface area contributed by atoms with Crippen LogP contribution in [0.2, 0.25) is 0 Å². The normalized spacial score (nSPS) is 16.2. The molecule has 0 radical (unpaired) electrons. The Labute approximate surface area is 157 Å². The van der Waals surface area contributed by atoms with E-state index in [4.69, 9.17) is 9.52 Å². The van der Waals surface area contributed by atoms with Crippen molar-refractivity contribution in [1.82, 2.24) is 20.3 Å². The van der Waals surface area contributed by atoms with Crippen LogP contribution in [0.5, 0.6) is 0 Å². The zero-order valence-corrected chi connectivity index (χ0v) is 16.1. The second-order valence-corrected chi connectivity index (χ2v) is 6.97. The van der Waals surface area contributed by atoms with Crippen LogP contribution in [-0.2, 0) is 13.1 Å². The third-order valence-corrected chi connectivity index (χ3v) is 4.68. The third kappa shape index (κ3) is 5.31. The lowest BCUT2D eigenvalue weighted by Crippen LogP contribution is -2.52. The van der Waals surface area contributed by atoms with Crippen LogP contribution in [0, 0.1) is 0 Å². The molecule has 1 saturated heterocycles. The van der Waals surface area contributed by atoms with Crippen molar-refractivity contribution in [2.75, 3.05) is 32.7 Å². The Morgan fingerprint density at radius 2 is 2.12 bits per heavy atom. The number of rotatable bonds is 5. The Bertz CT molecular complexity index is 681. The van der Waals surface area contributed by atoms with Gasteiger partial charge in [-0.05, 0) is 24.6 Å². The van der Waals surface area contributed by atoms with Crippen molar-refractivity contribution in [3.8, 4) is 0 Å². The Hall–Kier alpha value is -1.86. The number of hydrogen-bond donors (Lipinski definition) is 1. The Morgan fingerprint density at radius 1 is 1.28 bits per heavy atom. The van der Waals surface area contributed by atoms with Crippen molar-refractivity contribution >= 4 is 21.9 Å². The number of nitrogens with zero attached hydrogens (tertiary/aromatic N) is 4. The van der Waals surface area contributed by atoms with Gasteiger partial charge in [-0.15, -0.1) is 0 Å². The van der Waals surface area contributed by atoms with Crippen molar-refractivity contribution in [3.05, 3.63) is 52.3 Å². The number of benzene rings is 1. The summed E-state index contributed by atoms with van der Waals surface area (Å²) in [4.78, 5) is 9.54. The van der Waals surface area contributed by atoms with Crippen molar-refractivity contribution in [2.24, 2.45) is 4.99 Å². The number of aromatic nitrogens is 1. The highest BCUT2D eigenvalue weighted by molar-refractivity contribution is 9.10. The molecule has 1 fully saturated rings. The van der Waals surface area contributed by atoms with E-state index in [0.29, 0.717) is 6.54 Å². The molecule has 1 aliphatic heterocycles. The molecule has 0 aliphatic carbocycles. The van der Waals surface area contributed by atoms with Crippen molar-refractivity contribution in [2.45, 2.75) is 20.0 Å². The molecule has 25 heavy (non-hydrogen) atoms. The van der Waals surface area contributed by atoms with Gasteiger partial charge < -0.3 is 14.7 Å². The standard InChI is InChI=1S/C18H24BrN5O/c1-2-20-18(21-13-15-4-3-5-16(19)12-15)24-9-7-23(8-10-24)14-17-6-11-25-22-17/h3-6,11-12H,2,7-10,13-14H2,1H3,(H,20,21). The fourth-order valence-electron chi connectivity index (χ4n) is 2.89. The topological polar surface area (TPSA) is 56.9 Å². The van der Waals surface area contributed by atoms with Crippen molar-refractivity contribution in [1.29, 1.82) is 0 Å². The molecule has 0 bridgehead atoms. The molecule has 0 spiro atoms. The number of piperazine rings is 1. The maximum absolute atomic E-state index is 4.91. The van der Waals surface area contributed by atoms with E-state index in [9.17, 15) is 0 Å². The number of nitrogens with one attached hydrogen (secondary N) is 1. The molecule has 2 aromatic rings. The highest BCUT2D eigenvalue weighted by Gasteiger charge is 2.20. The summed E-state index contributed by atoms with van der Waals surface area (Å²) in [5.74, 6) is 0.989. The first-order chi connectivity index (χ1) is 12.2. The Morgan fingerprint density at radius 3 is 2.80 bits per heavy atom. The van der Waals surface area contributed by atoms with Gasteiger partial charge >= 0.3 is 0 Å². The van der Waals surface area contributed by atoms with Gasteiger partial charge in [-0.2, -0.15) is 0 Å². The number of guanidine groups is 1. The molecule has 0 atom stereocenters. The second-order valence-electron chi connectivity index (χ2n) is 6.05. The van der Waals surface area contributed by atoms with Crippen LogP contribution in [0.15, 0.2) is 50.6 Å². The highest BCUT2D eigenvalue weighted by atomic mass is 79.9. The van der Waals surface area contributed by atoms with E-state index >= 15 is 0 Å². The van der Waals surface area contributed by atoms with Gasteiger partial charge in [0.05, 0.1) is 12.2 Å². The lowest BCUT2D eigenvalue weighted by Gasteiger charge is -2.36. The van der Waals surface area contributed by atoms with Gasteiger partial charge in [-0.3, -0.25) is 4.90 Å². The zero-order valence-electron chi connectivity index (χ0n) is 14.5. The maximum Gasteiger partial charge on any atom is 0.194 e. The molecular formula is C18H24BrN5O. The number of hydrogen-bond acceptors (Lipinski definition) is 4. The first kappa shape index (κ1) is 17.9. The van der Waals surface area contributed by atoms with Crippen LogP contribution >= 0.6 is 15.9 Å².